The second-order valence-electron chi connectivity index (χ2n) is 5.17. The Labute approximate surface area is 120 Å². The van der Waals surface area contributed by atoms with Crippen molar-refractivity contribution in [2.75, 3.05) is 0 Å². The highest BCUT2D eigenvalue weighted by Gasteiger charge is 2.25. The van der Waals surface area contributed by atoms with Crippen molar-refractivity contribution in [3.05, 3.63) is 26.6 Å². The van der Waals surface area contributed by atoms with Crippen LogP contribution >= 0.6 is 11.3 Å². The lowest BCUT2D eigenvalue weighted by molar-refractivity contribution is -0.120. The molecule has 0 spiro atoms. The molecule has 2 N–H and O–H groups in total. The van der Waals surface area contributed by atoms with Crippen molar-refractivity contribution in [2.45, 2.75) is 45.6 Å². The predicted octanol–water partition coefficient (Wildman–Crippen LogP) is 1.56. The molecule has 0 saturated carbocycles. The van der Waals surface area contributed by atoms with Gasteiger partial charge in [-0.2, -0.15) is 0 Å². The summed E-state index contributed by atoms with van der Waals surface area (Å²) >= 11 is 1.62. The second-order valence-corrected chi connectivity index (χ2v) is 6.26. The summed E-state index contributed by atoms with van der Waals surface area (Å²) in [4.78, 5) is 30.9. The Morgan fingerprint density at radius 2 is 2.25 bits per heavy atom. The van der Waals surface area contributed by atoms with E-state index < -0.39 is 11.9 Å². The Kier molecular flexibility index (Phi) is 3.12. The van der Waals surface area contributed by atoms with E-state index in [1.165, 1.54) is 9.44 Å². The van der Waals surface area contributed by atoms with E-state index in [1.54, 1.807) is 18.3 Å². The summed E-state index contributed by atoms with van der Waals surface area (Å²) in [6.45, 7) is 3.59. The first-order valence-corrected chi connectivity index (χ1v) is 7.71. The van der Waals surface area contributed by atoms with Gasteiger partial charge >= 0.3 is 0 Å². The molecule has 2 aromatic heterocycles. The van der Waals surface area contributed by atoms with Crippen LogP contribution in [-0.2, 0) is 24.1 Å². The summed E-state index contributed by atoms with van der Waals surface area (Å²) in [6, 6.07) is -0.661. The molecule has 0 aliphatic heterocycles. The standard InChI is InChI=1S/C14H17N3O2S/c1-3-10-16-13-11(8-5-4-6-9(8)20-13)14(19)17(10)7(2)12(15)18/h7H,3-6H2,1-2H3,(H2,15,18). The molecule has 1 atom stereocenters. The molecule has 1 aliphatic rings. The van der Waals surface area contributed by atoms with Gasteiger partial charge in [0.25, 0.3) is 5.56 Å². The predicted molar refractivity (Wildman–Crippen MR) is 79.2 cm³/mol. The maximum Gasteiger partial charge on any atom is 0.263 e. The van der Waals surface area contributed by atoms with Crippen molar-refractivity contribution in [1.29, 1.82) is 0 Å². The number of thiophene rings is 1. The lowest BCUT2D eigenvalue weighted by atomic mass is 10.2. The number of primary amides is 1. The molecular weight excluding hydrogens is 274 g/mol. The van der Waals surface area contributed by atoms with Crippen LogP contribution in [0.4, 0.5) is 0 Å². The van der Waals surface area contributed by atoms with Crippen LogP contribution in [-0.4, -0.2) is 15.5 Å². The van der Waals surface area contributed by atoms with E-state index >= 15 is 0 Å². The Morgan fingerprint density at radius 1 is 1.50 bits per heavy atom. The Hall–Kier alpha value is -1.69. The van der Waals surface area contributed by atoms with Crippen LogP contribution in [0.1, 0.15) is 42.6 Å². The minimum absolute atomic E-state index is 0.113. The third kappa shape index (κ3) is 1.78. The third-order valence-corrected chi connectivity index (χ3v) is 5.15. The van der Waals surface area contributed by atoms with Gasteiger partial charge in [-0.3, -0.25) is 14.2 Å². The maximum absolute atomic E-state index is 12.8. The van der Waals surface area contributed by atoms with Crippen LogP contribution in [0.3, 0.4) is 0 Å². The smallest absolute Gasteiger partial charge is 0.263 e. The first kappa shape index (κ1) is 13.3. The van der Waals surface area contributed by atoms with Gasteiger partial charge in [-0.1, -0.05) is 6.92 Å². The fourth-order valence-electron chi connectivity index (χ4n) is 2.87. The average Bonchev–Trinajstić information content (AvgIpc) is 2.97. The van der Waals surface area contributed by atoms with Crippen LogP contribution in [0.2, 0.25) is 0 Å². The molecule has 0 radical (unpaired) electrons. The monoisotopic (exact) mass is 291 g/mol. The normalized spacial score (nSPS) is 15.5. The van der Waals surface area contributed by atoms with Crippen molar-refractivity contribution in [1.82, 2.24) is 9.55 Å². The largest absolute Gasteiger partial charge is 0.368 e. The van der Waals surface area contributed by atoms with Gasteiger partial charge in [-0.05, 0) is 31.7 Å². The quantitative estimate of drug-likeness (QED) is 0.932. The number of carbonyl (C=O) groups excluding carboxylic acids is 1. The number of amides is 1. The first-order chi connectivity index (χ1) is 9.54. The van der Waals surface area contributed by atoms with Gasteiger partial charge < -0.3 is 5.73 Å². The molecule has 20 heavy (non-hydrogen) atoms. The van der Waals surface area contributed by atoms with Crippen molar-refractivity contribution >= 4 is 27.5 Å². The van der Waals surface area contributed by atoms with Crippen LogP contribution in [0, 0.1) is 0 Å². The molecule has 2 aromatic rings. The summed E-state index contributed by atoms with van der Waals surface area (Å²) < 4.78 is 1.47. The minimum atomic E-state index is -0.661. The third-order valence-electron chi connectivity index (χ3n) is 3.96. The van der Waals surface area contributed by atoms with Crippen LogP contribution in [0.25, 0.3) is 10.2 Å². The zero-order chi connectivity index (χ0) is 14.4. The molecule has 2 heterocycles. The Balaban J connectivity index is 2.36. The van der Waals surface area contributed by atoms with Gasteiger partial charge in [-0.15, -0.1) is 11.3 Å². The number of aromatic nitrogens is 2. The molecule has 0 bridgehead atoms. The summed E-state index contributed by atoms with van der Waals surface area (Å²) in [6.07, 6.45) is 3.66. The van der Waals surface area contributed by atoms with Crippen LogP contribution in [0.5, 0.6) is 0 Å². The Bertz CT molecular complexity index is 760. The number of fused-ring (bicyclic) bond motifs is 3. The lowest BCUT2D eigenvalue weighted by Gasteiger charge is -2.15. The summed E-state index contributed by atoms with van der Waals surface area (Å²) in [5, 5.41) is 0.702. The number of nitrogens with zero attached hydrogens (tertiary/aromatic N) is 2. The number of rotatable bonds is 3. The number of aryl methyl sites for hydroxylation is 3. The van der Waals surface area contributed by atoms with Crippen molar-refractivity contribution < 1.29 is 4.79 Å². The molecule has 0 aromatic carbocycles. The Morgan fingerprint density at radius 3 is 2.90 bits per heavy atom. The van der Waals surface area contributed by atoms with Gasteiger partial charge in [0.15, 0.2) is 0 Å². The highest BCUT2D eigenvalue weighted by Crippen LogP contribution is 2.35. The van der Waals surface area contributed by atoms with Gasteiger partial charge in [0.1, 0.15) is 16.7 Å². The van der Waals surface area contributed by atoms with E-state index in [0.717, 1.165) is 29.7 Å². The molecule has 3 rings (SSSR count). The highest BCUT2D eigenvalue weighted by molar-refractivity contribution is 7.18. The van der Waals surface area contributed by atoms with Crippen molar-refractivity contribution in [3.8, 4) is 0 Å². The maximum atomic E-state index is 12.8. The van der Waals surface area contributed by atoms with Crippen LogP contribution in [0.15, 0.2) is 4.79 Å². The zero-order valence-electron chi connectivity index (χ0n) is 11.6. The number of hydrogen-bond acceptors (Lipinski definition) is 4. The van der Waals surface area contributed by atoms with Gasteiger partial charge in [0.05, 0.1) is 5.39 Å². The average molecular weight is 291 g/mol. The second kappa shape index (κ2) is 4.70. The van der Waals surface area contributed by atoms with E-state index in [-0.39, 0.29) is 5.56 Å². The van der Waals surface area contributed by atoms with E-state index in [9.17, 15) is 9.59 Å². The fourth-order valence-corrected chi connectivity index (χ4v) is 4.14. The van der Waals surface area contributed by atoms with Gasteiger partial charge in [0, 0.05) is 11.3 Å². The number of nitrogens with two attached hydrogens (primary N) is 1. The van der Waals surface area contributed by atoms with Gasteiger partial charge in [-0.25, -0.2) is 4.98 Å². The molecule has 1 aliphatic carbocycles. The van der Waals surface area contributed by atoms with Crippen molar-refractivity contribution in [2.24, 2.45) is 5.73 Å². The number of hydrogen-bond donors (Lipinski definition) is 1. The molecule has 106 valence electrons. The SMILES string of the molecule is CCc1nc2sc3c(c2c(=O)n1C(C)C(N)=O)CCC3. The highest BCUT2D eigenvalue weighted by atomic mass is 32.1. The molecule has 0 saturated heterocycles. The molecule has 0 fully saturated rings. The topological polar surface area (TPSA) is 78.0 Å². The van der Waals surface area contributed by atoms with Crippen LogP contribution < -0.4 is 11.3 Å². The zero-order valence-corrected chi connectivity index (χ0v) is 12.4. The molecule has 5 nitrogen and oxygen atoms in total. The lowest BCUT2D eigenvalue weighted by Crippen LogP contribution is -2.35. The molecule has 6 heteroatoms. The summed E-state index contributed by atoms with van der Waals surface area (Å²) in [7, 11) is 0. The molecule has 1 amide bonds. The molecular formula is C14H17N3O2S. The van der Waals surface area contributed by atoms with E-state index in [4.69, 9.17) is 5.73 Å². The summed E-state index contributed by atoms with van der Waals surface area (Å²) in [5.74, 6) is 0.128. The number of carbonyl (C=O) groups is 1. The first-order valence-electron chi connectivity index (χ1n) is 6.89. The van der Waals surface area contributed by atoms with E-state index in [2.05, 4.69) is 4.98 Å². The minimum Gasteiger partial charge on any atom is -0.368 e. The van der Waals surface area contributed by atoms with E-state index in [1.807, 2.05) is 6.92 Å². The van der Waals surface area contributed by atoms with Crippen molar-refractivity contribution in [3.63, 3.8) is 0 Å². The van der Waals surface area contributed by atoms with E-state index in [0.29, 0.717) is 17.6 Å². The van der Waals surface area contributed by atoms with Gasteiger partial charge in [0.2, 0.25) is 5.91 Å². The fraction of sp³-hybridized carbons (Fsp3) is 0.500. The summed E-state index contributed by atoms with van der Waals surface area (Å²) in [5.41, 5.74) is 6.39. The molecule has 1 unspecified atom stereocenters.